The van der Waals surface area contributed by atoms with E-state index in [9.17, 15) is 14.4 Å². The fraction of sp³-hybridized carbons (Fsp3) is 0.786. The molecule has 2 fully saturated rings. The third-order valence-electron chi connectivity index (χ3n) is 4.38. The molecule has 6 nitrogen and oxygen atoms in total. The molecular formula is C14H23N3O3. The molecule has 1 saturated carbocycles. The lowest BCUT2D eigenvalue weighted by Crippen LogP contribution is -2.54. The number of carbonyl (C=O) groups excluding carboxylic acids is 3. The van der Waals surface area contributed by atoms with Crippen LogP contribution in [0, 0.1) is 5.92 Å². The first-order chi connectivity index (χ1) is 9.51. The van der Waals surface area contributed by atoms with Crippen molar-refractivity contribution < 1.29 is 14.4 Å². The van der Waals surface area contributed by atoms with Crippen LogP contribution in [0.3, 0.4) is 0 Å². The minimum Gasteiger partial charge on any atom is -0.355 e. The normalized spacial score (nSPS) is 29.7. The number of imide groups is 1. The Morgan fingerprint density at radius 3 is 2.85 bits per heavy atom. The SMILES string of the molecule is CCCNC(=O)CN1C(=O)N[C@@]2(CCCC[C@H]2C)C1=O. The number of hydrogen-bond acceptors (Lipinski definition) is 3. The van der Waals surface area contributed by atoms with Crippen LogP contribution in [-0.4, -0.2) is 41.4 Å². The lowest BCUT2D eigenvalue weighted by Gasteiger charge is -2.36. The van der Waals surface area contributed by atoms with Crippen molar-refractivity contribution in [2.75, 3.05) is 13.1 Å². The first kappa shape index (κ1) is 14.8. The molecule has 0 bridgehead atoms. The molecular weight excluding hydrogens is 258 g/mol. The standard InChI is InChI=1S/C14H23N3O3/c1-3-8-15-11(18)9-17-12(19)14(16-13(17)20)7-5-4-6-10(14)2/h10H,3-9H2,1-2H3,(H,15,18)(H,16,20)/t10-,14-/m1/s1. The molecule has 0 aromatic carbocycles. The van der Waals surface area contributed by atoms with E-state index in [-0.39, 0.29) is 24.3 Å². The average molecular weight is 281 g/mol. The van der Waals surface area contributed by atoms with E-state index in [1.165, 1.54) is 0 Å². The Kier molecular flexibility index (Phi) is 4.30. The summed E-state index contributed by atoms with van der Waals surface area (Å²) in [6.07, 6.45) is 4.45. The van der Waals surface area contributed by atoms with Crippen molar-refractivity contribution in [2.45, 2.75) is 51.5 Å². The highest BCUT2D eigenvalue weighted by molar-refractivity contribution is 6.09. The summed E-state index contributed by atoms with van der Waals surface area (Å²) in [6, 6.07) is -0.435. The number of urea groups is 1. The maximum absolute atomic E-state index is 12.6. The smallest absolute Gasteiger partial charge is 0.325 e. The van der Waals surface area contributed by atoms with Crippen molar-refractivity contribution in [3.63, 3.8) is 0 Å². The van der Waals surface area contributed by atoms with Crippen molar-refractivity contribution in [2.24, 2.45) is 5.92 Å². The van der Waals surface area contributed by atoms with Gasteiger partial charge in [0.1, 0.15) is 12.1 Å². The molecule has 0 aromatic rings. The summed E-state index contributed by atoms with van der Waals surface area (Å²) in [4.78, 5) is 37.4. The van der Waals surface area contributed by atoms with Crippen molar-refractivity contribution >= 4 is 17.8 Å². The largest absolute Gasteiger partial charge is 0.355 e. The summed E-state index contributed by atoms with van der Waals surface area (Å²) in [5.74, 6) is -0.395. The molecule has 2 aliphatic rings. The molecule has 0 aromatic heterocycles. The molecule has 4 amide bonds. The Balaban J connectivity index is 2.07. The van der Waals surface area contributed by atoms with Gasteiger partial charge in [-0.05, 0) is 25.2 Å². The molecule has 20 heavy (non-hydrogen) atoms. The highest BCUT2D eigenvalue weighted by atomic mass is 16.2. The van der Waals surface area contributed by atoms with Crippen molar-refractivity contribution in [1.29, 1.82) is 0 Å². The van der Waals surface area contributed by atoms with Gasteiger partial charge in [-0.25, -0.2) is 4.79 Å². The first-order valence-corrected chi connectivity index (χ1v) is 7.42. The van der Waals surface area contributed by atoms with Crippen LogP contribution in [0.4, 0.5) is 4.79 Å². The number of carbonyl (C=O) groups is 3. The van der Waals surface area contributed by atoms with Gasteiger partial charge in [0.25, 0.3) is 5.91 Å². The van der Waals surface area contributed by atoms with Gasteiger partial charge >= 0.3 is 6.03 Å². The zero-order valence-electron chi connectivity index (χ0n) is 12.2. The topological polar surface area (TPSA) is 78.5 Å². The molecule has 1 aliphatic heterocycles. The van der Waals surface area contributed by atoms with Crippen LogP contribution in [0.25, 0.3) is 0 Å². The third-order valence-corrected chi connectivity index (χ3v) is 4.38. The monoisotopic (exact) mass is 281 g/mol. The Morgan fingerprint density at radius 2 is 2.20 bits per heavy atom. The maximum Gasteiger partial charge on any atom is 0.325 e. The average Bonchev–Trinajstić information content (AvgIpc) is 2.65. The van der Waals surface area contributed by atoms with Crippen LogP contribution in [-0.2, 0) is 9.59 Å². The predicted molar refractivity (Wildman–Crippen MR) is 73.9 cm³/mol. The Morgan fingerprint density at radius 1 is 1.45 bits per heavy atom. The zero-order chi connectivity index (χ0) is 14.8. The van der Waals surface area contributed by atoms with Crippen molar-refractivity contribution in [1.82, 2.24) is 15.5 Å². The van der Waals surface area contributed by atoms with Crippen molar-refractivity contribution in [3.8, 4) is 0 Å². The van der Waals surface area contributed by atoms with Crippen LogP contribution in [0.15, 0.2) is 0 Å². The minimum absolute atomic E-state index is 0.122. The molecule has 1 aliphatic carbocycles. The van der Waals surface area contributed by atoms with Gasteiger partial charge in [-0.15, -0.1) is 0 Å². The highest BCUT2D eigenvalue weighted by Crippen LogP contribution is 2.37. The molecule has 0 radical (unpaired) electrons. The van der Waals surface area contributed by atoms with Crippen LogP contribution >= 0.6 is 0 Å². The van der Waals surface area contributed by atoms with Gasteiger partial charge in [0, 0.05) is 6.54 Å². The fourth-order valence-electron chi connectivity index (χ4n) is 3.10. The number of nitrogens with one attached hydrogen (secondary N) is 2. The molecule has 1 heterocycles. The van der Waals surface area contributed by atoms with Gasteiger partial charge in [-0.1, -0.05) is 26.7 Å². The van der Waals surface area contributed by atoms with Crippen LogP contribution < -0.4 is 10.6 Å². The van der Waals surface area contributed by atoms with Crippen LogP contribution in [0.5, 0.6) is 0 Å². The fourth-order valence-corrected chi connectivity index (χ4v) is 3.10. The predicted octanol–water partition coefficient (Wildman–Crippen LogP) is 1.01. The summed E-state index contributed by atoms with van der Waals surface area (Å²) >= 11 is 0. The second-order valence-electron chi connectivity index (χ2n) is 5.79. The summed E-state index contributed by atoms with van der Waals surface area (Å²) in [5, 5.41) is 5.53. The van der Waals surface area contributed by atoms with E-state index in [0.29, 0.717) is 13.0 Å². The molecule has 1 saturated heterocycles. The summed E-state index contributed by atoms with van der Waals surface area (Å²) < 4.78 is 0. The van der Waals surface area contributed by atoms with Gasteiger partial charge in [0.05, 0.1) is 0 Å². The van der Waals surface area contributed by atoms with E-state index in [1.54, 1.807) is 0 Å². The summed E-state index contributed by atoms with van der Waals surface area (Å²) in [6.45, 7) is 4.33. The molecule has 6 heteroatoms. The summed E-state index contributed by atoms with van der Waals surface area (Å²) in [7, 11) is 0. The number of rotatable bonds is 4. The maximum atomic E-state index is 12.6. The third kappa shape index (κ3) is 2.51. The van der Waals surface area contributed by atoms with E-state index >= 15 is 0 Å². The lowest BCUT2D eigenvalue weighted by atomic mass is 9.73. The molecule has 2 rings (SSSR count). The van der Waals surface area contributed by atoms with E-state index in [2.05, 4.69) is 10.6 Å². The Hall–Kier alpha value is -1.59. The number of hydrogen-bond donors (Lipinski definition) is 2. The summed E-state index contributed by atoms with van der Waals surface area (Å²) in [5.41, 5.74) is -0.777. The number of amides is 4. The Bertz CT molecular complexity index is 424. The second-order valence-corrected chi connectivity index (χ2v) is 5.79. The van der Waals surface area contributed by atoms with E-state index < -0.39 is 11.6 Å². The molecule has 2 atom stereocenters. The lowest BCUT2D eigenvalue weighted by molar-refractivity contribution is -0.137. The quantitative estimate of drug-likeness (QED) is 0.755. The van der Waals surface area contributed by atoms with Gasteiger partial charge in [0.2, 0.25) is 5.91 Å². The molecule has 112 valence electrons. The van der Waals surface area contributed by atoms with Gasteiger partial charge < -0.3 is 10.6 Å². The highest BCUT2D eigenvalue weighted by Gasteiger charge is 2.55. The zero-order valence-corrected chi connectivity index (χ0v) is 12.2. The van der Waals surface area contributed by atoms with Crippen LogP contribution in [0.2, 0.25) is 0 Å². The molecule has 1 spiro atoms. The van der Waals surface area contributed by atoms with Crippen LogP contribution in [0.1, 0.15) is 46.0 Å². The minimum atomic E-state index is -0.777. The second kappa shape index (κ2) is 5.81. The first-order valence-electron chi connectivity index (χ1n) is 7.42. The Labute approximate surface area is 119 Å². The van der Waals surface area contributed by atoms with E-state index in [1.807, 2.05) is 13.8 Å². The molecule has 0 unspecified atom stereocenters. The number of nitrogens with zero attached hydrogens (tertiary/aromatic N) is 1. The van der Waals surface area contributed by atoms with Gasteiger partial charge in [0.15, 0.2) is 0 Å². The van der Waals surface area contributed by atoms with Crippen molar-refractivity contribution in [3.05, 3.63) is 0 Å². The van der Waals surface area contributed by atoms with Gasteiger partial charge in [-0.2, -0.15) is 0 Å². The van der Waals surface area contributed by atoms with E-state index in [4.69, 9.17) is 0 Å². The van der Waals surface area contributed by atoms with E-state index in [0.717, 1.165) is 30.6 Å². The molecule has 2 N–H and O–H groups in total. The van der Waals surface area contributed by atoms with Gasteiger partial charge in [-0.3, -0.25) is 14.5 Å².